The molecule has 0 radical (unpaired) electrons. The van der Waals surface area contributed by atoms with Gasteiger partial charge in [0.05, 0.1) is 32.0 Å². The molecule has 9 N–H and O–H groups in total. The molecule has 0 spiro atoms. The SMILES string of the molecule is CC/C=C\C/C=C\C/C=C\C/C=C\C/C=C\C/C=C\C/C=C\C/C=C\CCCCCCCCCCC(=O)NC(COC1OC(CO)C(OC2OC(CO)C(O)C(O)C2O)C(O)C1O)C(O)CCCCCCCCCCCC. The summed E-state index contributed by atoms with van der Waals surface area (Å²) in [5.41, 5.74) is 0. The van der Waals surface area contributed by atoms with Gasteiger partial charge in [-0.25, -0.2) is 0 Å². The van der Waals surface area contributed by atoms with Gasteiger partial charge in [-0.1, -0.05) is 214 Å². The van der Waals surface area contributed by atoms with Crippen LogP contribution in [-0.4, -0.2) is 140 Å². The molecule has 14 nitrogen and oxygen atoms in total. The minimum absolute atomic E-state index is 0.222. The van der Waals surface area contributed by atoms with E-state index in [0.717, 1.165) is 103 Å². The number of allylic oxidation sites excluding steroid dienone is 16. The summed E-state index contributed by atoms with van der Waals surface area (Å²) >= 11 is 0. The highest BCUT2D eigenvalue weighted by Gasteiger charge is 2.51. The monoisotopic (exact) mass is 1090 g/mol. The van der Waals surface area contributed by atoms with Crippen molar-refractivity contribution in [2.24, 2.45) is 0 Å². The van der Waals surface area contributed by atoms with Crippen LogP contribution in [0.4, 0.5) is 0 Å². The van der Waals surface area contributed by atoms with Gasteiger partial charge >= 0.3 is 0 Å². The number of aliphatic hydroxyl groups is 8. The van der Waals surface area contributed by atoms with Crippen LogP contribution < -0.4 is 5.32 Å². The topological polar surface area (TPSA) is 228 Å². The average Bonchev–Trinajstić information content (AvgIpc) is 3.45. The number of ether oxygens (including phenoxy) is 4. The molecule has 0 bridgehead atoms. The van der Waals surface area contributed by atoms with Crippen molar-refractivity contribution in [3.05, 3.63) is 97.2 Å². The summed E-state index contributed by atoms with van der Waals surface area (Å²) in [7, 11) is 0. The van der Waals surface area contributed by atoms with E-state index in [1.165, 1.54) is 64.2 Å². The van der Waals surface area contributed by atoms with Crippen molar-refractivity contribution in [2.75, 3.05) is 19.8 Å². The molecule has 0 aliphatic carbocycles. The van der Waals surface area contributed by atoms with Crippen LogP contribution in [-0.2, 0) is 23.7 Å². The quantitative estimate of drug-likeness (QED) is 0.0205. The predicted octanol–water partition coefficient (Wildman–Crippen LogP) is 10.3. The molecular weight excluding hydrogens is 979 g/mol. The molecule has 0 saturated carbocycles. The Morgan fingerprint density at radius 3 is 1.38 bits per heavy atom. The van der Waals surface area contributed by atoms with E-state index >= 15 is 0 Å². The van der Waals surface area contributed by atoms with E-state index in [9.17, 15) is 45.6 Å². The zero-order valence-corrected chi connectivity index (χ0v) is 47.4. The molecule has 0 aromatic carbocycles. The lowest BCUT2D eigenvalue weighted by Gasteiger charge is -2.46. The van der Waals surface area contributed by atoms with E-state index in [0.29, 0.717) is 12.8 Å². The summed E-state index contributed by atoms with van der Waals surface area (Å²) in [6.45, 7) is 2.70. The van der Waals surface area contributed by atoms with Gasteiger partial charge in [0.2, 0.25) is 5.91 Å². The third-order valence-corrected chi connectivity index (χ3v) is 14.1. The maximum Gasteiger partial charge on any atom is 0.220 e. The van der Waals surface area contributed by atoms with Crippen molar-refractivity contribution < 1.29 is 64.6 Å². The summed E-state index contributed by atoms with van der Waals surface area (Å²) < 4.78 is 22.8. The highest BCUT2D eigenvalue weighted by molar-refractivity contribution is 5.76. The molecule has 2 fully saturated rings. The van der Waals surface area contributed by atoms with Crippen LogP contribution in [0.3, 0.4) is 0 Å². The summed E-state index contributed by atoms with van der Waals surface area (Å²) in [5.74, 6) is -0.222. The van der Waals surface area contributed by atoms with Gasteiger partial charge in [0, 0.05) is 6.42 Å². The molecule has 77 heavy (non-hydrogen) atoms. The molecule has 14 heteroatoms. The highest BCUT2D eigenvalue weighted by Crippen LogP contribution is 2.30. The lowest BCUT2D eigenvalue weighted by Crippen LogP contribution is -2.65. The van der Waals surface area contributed by atoms with Crippen molar-refractivity contribution in [3.8, 4) is 0 Å². The number of aliphatic hydroxyl groups excluding tert-OH is 8. The van der Waals surface area contributed by atoms with Crippen molar-refractivity contribution in [2.45, 2.75) is 274 Å². The van der Waals surface area contributed by atoms with Gasteiger partial charge in [0.25, 0.3) is 0 Å². The lowest BCUT2D eigenvalue weighted by molar-refractivity contribution is -0.359. The minimum Gasteiger partial charge on any atom is -0.394 e. The third-order valence-electron chi connectivity index (χ3n) is 14.1. The number of hydrogen-bond donors (Lipinski definition) is 9. The average molecular weight is 1090 g/mol. The van der Waals surface area contributed by atoms with Crippen LogP contribution in [0.25, 0.3) is 0 Å². The lowest BCUT2D eigenvalue weighted by atomic mass is 9.97. The van der Waals surface area contributed by atoms with Crippen LogP contribution >= 0.6 is 0 Å². The number of amides is 1. The number of hydrogen-bond acceptors (Lipinski definition) is 13. The minimum atomic E-state index is -1.79. The van der Waals surface area contributed by atoms with E-state index in [1.54, 1.807) is 0 Å². The molecular formula is C63H107NO13. The fourth-order valence-corrected chi connectivity index (χ4v) is 9.25. The summed E-state index contributed by atoms with van der Waals surface area (Å²) in [6, 6.07) is -0.838. The van der Waals surface area contributed by atoms with E-state index in [2.05, 4.69) is 116 Å². The first-order valence-electron chi connectivity index (χ1n) is 30.0. The summed E-state index contributed by atoms with van der Waals surface area (Å²) in [6.07, 6.45) is 48.5. The van der Waals surface area contributed by atoms with Crippen molar-refractivity contribution in [3.63, 3.8) is 0 Å². The van der Waals surface area contributed by atoms with E-state index in [-0.39, 0.29) is 18.9 Å². The number of rotatable bonds is 46. The zero-order valence-electron chi connectivity index (χ0n) is 47.4. The van der Waals surface area contributed by atoms with E-state index in [4.69, 9.17) is 18.9 Å². The highest BCUT2D eigenvalue weighted by atomic mass is 16.7. The largest absolute Gasteiger partial charge is 0.394 e. The molecule has 2 heterocycles. The number of carbonyl (C=O) groups excluding carboxylic acids is 1. The van der Waals surface area contributed by atoms with Crippen LogP contribution in [0.1, 0.15) is 200 Å². The van der Waals surface area contributed by atoms with Crippen molar-refractivity contribution in [1.82, 2.24) is 5.32 Å². The Morgan fingerprint density at radius 1 is 0.481 bits per heavy atom. The molecule has 0 aromatic heterocycles. The van der Waals surface area contributed by atoms with Gasteiger partial charge in [-0.05, 0) is 77.0 Å². The normalized spacial score (nSPS) is 25.4. The smallest absolute Gasteiger partial charge is 0.220 e. The first-order valence-corrected chi connectivity index (χ1v) is 30.0. The molecule has 12 unspecified atom stereocenters. The molecule has 2 aliphatic heterocycles. The third kappa shape index (κ3) is 33.3. The van der Waals surface area contributed by atoms with E-state index < -0.39 is 86.8 Å². The van der Waals surface area contributed by atoms with E-state index in [1.807, 2.05) is 0 Å². The molecule has 12 atom stereocenters. The van der Waals surface area contributed by atoms with Gasteiger partial charge in [-0.2, -0.15) is 0 Å². The second-order valence-electron chi connectivity index (χ2n) is 20.7. The predicted molar refractivity (Wildman–Crippen MR) is 309 cm³/mol. The molecule has 0 aromatic rings. The maximum absolute atomic E-state index is 13.2. The van der Waals surface area contributed by atoms with Crippen LogP contribution in [0, 0.1) is 0 Å². The van der Waals surface area contributed by atoms with Gasteiger partial charge in [0.15, 0.2) is 12.6 Å². The summed E-state index contributed by atoms with van der Waals surface area (Å²) in [4.78, 5) is 13.2. The second kappa shape index (κ2) is 47.7. The fourth-order valence-electron chi connectivity index (χ4n) is 9.25. The molecule has 442 valence electrons. The zero-order chi connectivity index (χ0) is 56.0. The summed E-state index contributed by atoms with van der Waals surface area (Å²) in [5, 5.41) is 87.0. The van der Waals surface area contributed by atoms with Crippen molar-refractivity contribution >= 4 is 5.91 Å². The second-order valence-corrected chi connectivity index (χ2v) is 20.7. The number of unbranched alkanes of at least 4 members (excludes halogenated alkanes) is 17. The van der Waals surface area contributed by atoms with Gasteiger partial charge in [0.1, 0.15) is 48.8 Å². The number of carbonyl (C=O) groups is 1. The Bertz CT molecular complexity index is 1660. The molecule has 2 rings (SSSR count). The standard InChI is InChI=1S/C63H107NO13/c1-3-5-7-9-11-13-15-16-17-18-19-20-21-22-23-24-25-26-27-28-29-30-31-32-33-34-35-36-37-39-41-43-45-47-55(68)64-51(52(67)46-44-42-40-38-14-12-10-8-6-4-2)50-74-62-60(73)58(71)61(54(49-66)76-62)77-63-59(72)57(70)56(69)53(48-65)75-63/h5,7,11,13,16-17,19-20,22-23,25-26,28-29,31-32,51-54,56-63,65-67,69-73H,3-4,6,8-10,12,14-15,18,21,24,27,30,33-50H2,1-2H3,(H,64,68)/b7-5-,13-11-,17-16-,20-19-,23-22-,26-25-,29-28-,32-31-. The van der Waals surface area contributed by atoms with Gasteiger partial charge in [-0.3, -0.25) is 4.79 Å². The Kier molecular flexibility index (Phi) is 43.4. The number of nitrogens with one attached hydrogen (secondary N) is 1. The van der Waals surface area contributed by atoms with Crippen LogP contribution in [0.2, 0.25) is 0 Å². The Labute approximate surface area is 464 Å². The van der Waals surface area contributed by atoms with Crippen molar-refractivity contribution in [1.29, 1.82) is 0 Å². The Hall–Kier alpha value is -3.09. The van der Waals surface area contributed by atoms with Gasteiger partial charge < -0.3 is 65.1 Å². The van der Waals surface area contributed by atoms with Crippen LogP contribution in [0.5, 0.6) is 0 Å². The molecule has 1 amide bonds. The van der Waals surface area contributed by atoms with Gasteiger partial charge in [-0.15, -0.1) is 0 Å². The first-order chi connectivity index (χ1) is 37.6. The Morgan fingerprint density at radius 2 is 0.896 bits per heavy atom. The molecule has 2 aliphatic rings. The molecule has 2 saturated heterocycles. The van der Waals surface area contributed by atoms with Crippen LogP contribution in [0.15, 0.2) is 97.2 Å². The fraction of sp³-hybridized carbons (Fsp3) is 0.730. The maximum atomic E-state index is 13.2. The Balaban J connectivity index is 1.66. The first kappa shape index (κ1) is 70.0.